The van der Waals surface area contributed by atoms with Crippen molar-refractivity contribution in [1.82, 2.24) is 0 Å². The van der Waals surface area contributed by atoms with E-state index in [1.165, 1.54) is 6.26 Å². The Morgan fingerprint density at radius 1 is 1.35 bits per heavy atom. The second-order valence-corrected chi connectivity index (χ2v) is 5.05. The van der Waals surface area contributed by atoms with Crippen LogP contribution in [0, 0.1) is 11.5 Å². The van der Waals surface area contributed by atoms with Crippen LogP contribution in [0.3, 0.4) is 0 Å². The third-order valence-corrected chi connectivity index (χ3v) is 3.63. The van der Waals surface area contributed by atoms with Gasteiger partial charge in [0.2, 0.25) is 0 Å². The first kappa shape index (κ1) is 13.6. The largest absolute Gasteiger partial charge is 0.501 e. The number of ether oxygens (including phenoxy) is 1. The van der Waals surface area contributed by atoms with Crippen molar-refractivity contribution in [3.63, 3.8) is 0 Å². The van der Waals surface area contributed by atoms with Crippen LogP contribution >= 0.6 is 11.6 Å². The summed E-state index contributed by atoms with van der Waals surface area (Å²) in [5, 5.41) is 7.56. The molecule has 0 amide bonds. The molecule has 0 fully saturated rings. The highest BCUT2D eigenvalue weighted by Crippen LogP contribution is 2.35. The predicted octanol–water partition coefficient (Wildman–Crippen LogP) is 2.49. The van der Waals surface area contributed by atoms with Crippen LogP contribution in [0.4, 0.5) is 13.2 Å². The predicted molar refractivity (Wildman–Crippen MR) is 50.9 cm³/mol. The standard InChI is InChI=1S/C8H3ClF3NO3S/c9-6-2-1-5(16-4-13)3-7(6)17(14,15)8(10,11)12/h1-3H. The van der Waals surface area contributed by atoms with Crippen molar-refractivity contribution in [2.45, 2.75) is 10.4 Å². The lowest BCUT2D eigenvalue weighted by molar-refractivity contribution is -0.0436. The lowest BCUT2D eigenvalue weighted by atomic mass is 10.3. The minimum absolute atomic E-state index is 0.347. The molecule has 9 heteroatoms. The van der Waals surface area contributed by atoms with Crippen molar-refractivity contribution in [2.24, 2.45) is 0 Å². The molecule has 0 bridgehead atoms. The summed E-state index contributed by atoms with van der Waals surface area (Å²) in [7, 11) is -5.57. The number of halogens is 4. The Kier molecular flexibility index (Phi) is 3.54. The van der Waals surface area contributed by atoms with E-state index < -0.39 is 25.3 Å². The molecule has 0 radical (unpaired) electrons. The van der Waals surface area contributed by atoms with E-state index in [9.17, 15) is 21.6 Å². The van der Waals surface area contributed by atoms with E-state index >= 15 is 0 Å². The molecule has 1 aromatic carbocycles. The number of rotatable bonds is 2. The van der Waals surface area contributed by atoms with Gasteiger partial charge in [0.15, 0.2) is 0 Å². The highest BCUT2D eigenvalue weighted by Gasteiger charge is 2.48. The van der Waals surface area contributed by atoms with E-state index in [-0.39, 0.29) is 5.75 Å². The molecule has 1 rings (SSSR count). The Bertz CT molecular complexity index is 577. The van der Waals surface area contributed by atoms with Crippen molar-refractivity contribution in [2.75, 3.05) is 0 Å². The molecule has 0 saturated carbocycles. The van der Waals surface area contributed by atoms with Gasteiger partial charge in [-0.25, -0.2) is 8.42 Å². The molecular weight excluding hydrogens is 283 g/mol. The minimum Gasteiger partial charge on any atom is -0.388 e. The van der Waals surface area contributed by atoms with E-state index in [2.05, 4.69) is 4.74 Å². The second-order valence-electron chi connectivity index (χ2n) is 2.73. The van der Waals surface area contributed by atoms with Gasteiger partial charge >= 0.3 is 5.51 Å². The van der Waals surface area contributed by atoms with Crippen LogP contribution in [0.1, 0.15) is 0 Å². The Morgan fingerprint density at radius 3 is 2.41 bits per heavy atom. The first-order chi connectivity index (χ1) is 7.70. The Morgan fingerprint density at radius 2 is 1.94 bits per heavy atom. The van der Waals surface area contributed by atoms with Crippen LogP contribution in [-0.4, -0.2) is 13.9 Å². The number of nitrogens with zero attached hydrogens (tertiary/aromatic N) is 1. The highest BCUT2D eigenvalue weighted by atomic mass is 35.5. The average molecular weight is 286 g/mol. The van der Waals surface area contributed by atoms with Crippen LogP contribution in [0.15, 0.2) is 23.1 Å². The van der Waals surface area contributed by atoms with Gasteiger partial charge < -0.3 is 4.74 Å². The molecule has 1 aromatic rings. The maximum absolute atomic E-state index is 12.3. The summed E-state index contributed by atoms with van der Waals surface area (Å²) < 4.78 is 63.2. The fourth-order valence-corrected chi connectivity index (χ4v) is 2.20. The molecule has 17 heavy (non-hydrogen) atoms. The van der Waals surface area contributed by atoms with Crippen LogP contribution < -0.4 is 4.74 Å². The first-order valence-electron chi connectivity index (χ1n) is 3.87. The fourth-order valence-electron chi connectivity index (χ4n) is 0.930. The Labute approximate surface area is 99.1 Å². The maximum Gasteiger partial charge on any atom is 0.501 e. The maximum atomic E-state index is 12.3. The second kappa shape index (κ2) is 4.43. The van der Waals surface area contributed by atoms with E-state index in [4.69, 9.17) is 16.9 Å². The van der Waals surface area contributed by atoms with Crippen molar-refractivity contribution in [3.8, 4) is 12.0 Å². The number of benzene rings is 1. The van der Waals surface area contributed by atoms with Gasteiger partial charge in [0.25, 0.3) is 16.1 Å². The molecule has 0 unspecified atom stereocenters. The summed E-state index contributed by atoms with van der Waals surface area (Å²) in [5.74, 6) is -0.347. The molecule has 0 spiro atoms. The number of hydrogen-bond acceptors (Lipinski definition) is 4. The lowest BCUT2D eigenvalue weighted by Crippen LogP contribution is -2.23. The first-order valence-corrected chi connectivity index (χ1v) is 5.73. The van der Waals surface area contributed by atoms with Gasteiger partial charge in [0.05, 0.1) is 9.92 Å². The fraction of sp³-hybridized carbons (Fsp3) is 0.125. The van der Waals surface area contributed by atoms with E-state index in [0.29, 0.717) is 6.07 Å². The molecule has 0 aliphatic rings. The Balaban J connectivity index is 3.42. The number of sulfone groups is 1. The molecule has 0 heterocycles. The topological polar surface area (TPSA) is 67.2 Å². The van der Waals surface area contributed by atoms with Gasteiger partial charge in [-0.1, -0.05) is 11.6 Å². The number of hydrogen-bond donors (Lipinski definition) is 0. The molecule has 0 N–H and O–H groups in total. The van der Waals surface area contributed by atoms with E-state index in [1.54, 1.807) is 0 Å². The van der Waals surface area contributed by atoms with E-state index in [1.807, 2.05) is 0 Å². The molecular formula is C8H3ClF3NO3S. The third-order valence-electron chi connectivity index (χ3n) is 1.66. The zero-order valence-corrected chi connectivity index (χ0v) is 9.40. The van der Waals surface area contributed by atoms with Crippen LogP contribution in [-0.2, 0) is 9.84 Å². The summed E-state index contributed by atoms with van der Waals surface area (Å²) in [6, 6.07) is 2.50. The van der Waals surface area contributed by atoms with Crippen LogP contribution in [0.2, 0.25) is 5.02 Å². The minimum atomic E-state index is -5.57. The summed E-state index contributed by atoms with van der Waals surface area (Å²) >= 11 is 5.37. The summed E-state index contributed by atoms with van der Waals surface area (Å²) in [5.41, 5.74) is -5.47. The van der Waals surface area contributed by atoms with Gasteiger partial charge in [0.1, 0.15) is 5.75 Å². The molecule has 0 atom stereocenters. The molecule has 0 aromatic heterocycles. The monoisotopic (exact) mass is 285 g/mol. The smallest absolute Gasteiger partial charge is 0.388 e. The van der Waals surface area contributed by atoms with Gasteiger partial charge in [-0.3, -0.25) is 0 Å². The van der Waals surface area contributed by atoms with E-state index in [0.717, 1.165) is 12.1 Å². The van der Waals surface area contributed by atoms with Gasteiger partial charge in [-0.05, 0) is 12.1 Å². The van der Waals surface area contributed by atoms with Crippen molar-refractivity contribution < 1.29 is 26.3 Å². The SMILES string of the molecule is N#COc1ccc(Cl)c(S(=O)(=O)C(F)(F)F)c1. The third kappa shape index (κ3) is 2.62. The van der Waals surface area contributed by atoms with Crippen molar-refractivity contribution in [1.29, 1.82) is 5.26 Å². The van der Waals surface area contributed by atoms with Crippen molar-refractivity contribution >= 4 is 21.4 Å². The number of nitriles is 1. The molecule has 0 aliphatic heterocycles. The Hall–Kier alpha value is -1.46. The number of alkyl halides is 3. The molecule has 4 nitrogen and oxygen atoms in total. The average Bonchev–Trinajstić information content (AvgIpc) is 2.19. The van der Waals surface area contributed by atoms with Gasteiger partial charge in [-0.15, -0.1) is 5.26 Å². The zero-order chi connectivity index (χ0) is 13.3. The molecule has 0 saturated heterocycles. The highest BCUT2D eigenvalue weighted by molar-refractivity contribution is 7.92. The van der Waals surface area contributed by atoms with Crippen LogP contribution in [0.5, 0.6) is 5.75 Å². The zero-order valence-electron chi connectivity index (χ0n) is 7.82. The van der Waals surface area contributed by atoms with Crippen molar-refractivity contribution in [3.05, 3.63) is 23.2 Å². The molecule has 92 valence electrons. The molecule has 0 aliphatic carbocycles. The normalized spacial score (nSPS) is 11.9. The van der Waals surface area contributed by atoms with Gasteiger partial charge in [0, 0.05) is 6.07 Å². The van der Waals surface area contributed by atoms with Gasteiger partial charge in [-0.2, -0.15) is 13.2 Å². The lowest BCUT2D eigenvalue weighted by Gasteiger charge is -2.10. The van der Waals surface area contributed by atoms with Crippen LogP contribution in [0.25, 0.3) is 0 Å². The summed E-state index contributed by atoms with van der Waals surface area (Å²) in [6.45, 7) is 0. The summed E-state index contributed by atoms with van der Waals surface area (Å²) in [4.78, 5) is -1.15. The summed E-state index contributed by atoms with van der Waals surface area (Å²) in [6.07, 6.45) is 1.20. The quantitative estimate of drug-likeness (QED) is 0.783.